The van der Waals surface area contributed by atoms with Gasteiger partial charge >= 0.3 is 0 Å². The number of hydrogen-bond donors (Lipinski definition) is 2. The molecule has 0 radical (unpaired) electrons. The highest BCUT2D eigenvalue weighted by Crippen LogP contribution is 2.36. The van der Waals surface area contributed by atoms with Crippen LogP contribution in [0.15, 0.2) is 77.7 Å². The molecule has 3 aromatic carbocycles. The van der Waals surface area contributed by atoms with E-state index in [1.807, 2.05) is 6.07 Å². The molecule has 1 fully saturated rings. The third-order valence-electron chi connectivity index (χ3n) is 5.52. The molecule has 1 aliphatic carbocycles. The molecule has 0 saturated heterocycles. The first-order valence-electron chi connectivity index (χ1n) is 10.9. The average molecular weight is 491 g/mol. The normalized spacial score (nSPS) is 13.3. The van der Waals surface area contributed by atoms with Crippen LogP contribution in [-0.4, -0.2) is 41.6 Å². The second-order valence-electron chi connectivity index (χ2n) is 8.05. The molecule has 2 N–H and O–H groups in total. The van der Waals surface area contributed by atoms with Crippen molar-refractivity contribution in [3.05, 3.63) is 78.4 Å². The third kappa shape index (κ3) is 4.85. The lowest BCUT2D eigenvalue weighted by molar-refractivity contribution is 0.102. The number of para-hydroxylation sites is 2. The number of rotatable bonds is 8. The summed E-state index contributed by atoms with van der Waals surface area (Å²) in [7, 11) is -2.50. The summed E-state index contributed by atoms with van der Waals surface area (Å²) >= 11 is 0. The predicted molar refractivity (Wildman–Crippen MR) is 130 cm³/mol. The summed E-state index contributed by atoms with van der Waals surface area (Å²) in [6.45, 7) is 0. The van der Waals surface area contributed by atoms with Gasteiger partial charge in [0.25, 0.3) is 15.9 Å². The number of sulfonamides is 1. The fraction of sp³-hybridized carbons (Fsp3) is 0.167. The standard InChI is InChI=1S/C24H22N6O4S/c1-34-22-11-3-2-10-21(22)27-35(32,33)20-9-5-7-17(15-20)24(31)25-18-8-4-6-16(14-18)23-26-28-29-30(23)19-12-13-19/h2-11,14-15,19,27H,12-13H2,1H3,(H,25,31). The number of methoxy groups -OCH3 is 1. The quantitative estimate of drug-likeness (QED) is 0.385. The van der Waals surface area contributed by atoms with E-state index in [4.69, 9.17) is 4.74 Å². The maximum atomic E-state index is 13.0. The Morgan fingerprint density at radius 2 is 1.83 bits per heavy atom. The lowest BCUT2D eigenvalue weighted by Crippen LogP contribution is -2.16. The largest absolute Gasteiger partial charge is 0.495 e. The number of benzene rings is 3. The van der Waals surface area contributed by atoms with Crippen LogP contribution in [0.5, 0.6) is 5.75 Å². The molecule has 0 bridgehead atoms. The van der Waals surface area contributed by atoms with Gasteiger partial charge in [-0.15, -0.1) is 5.10 Å². The van der Waals surface area contributed by atoms with Crippen molar-refractivity contribution in [3.63, 3.8) is 0 Å². The van der Waals surface area contributed by atoms with Crippen molar-refractivity contribution >= 4 is 27.3 Å². The number of ether oxygens (including phenoxy) is 1. The van der Waals surface area contributed by atoms with Crippen LogP contribution in [0.25, 0.3) is 11.4 Å². The van der Waals surface area contributed by atoms with Crippen molar-refractivity contribution in [3.8, 4) is 17.1 Å². The summed E-state index contributed by atoms with van der Waals surface area (Å²) in [4.78, 5) is 12.9. The first-order chi connectivity index (χ1) is 16.9. The van der Waals surface area contributed by atoms with Gasteiger partial charge in [-0.05, 0) is 65.7 Å². The van der Waals surface area contributed by atoms with Gasteiger partial charge < -0.3 is 10.1 Å². The van der Waals surface area contributed by atoms with E-state index >= 15 is 0 Å². The van der Waals surface area contributed by atoms with Crippen LogP contribution in [0.2, 0.25) is 0 Å². The third-order valence-corrected chi connectivity index (χ3v) is 6.89. The number of nitrogens with zero attached hydrogens (tertiary/aromatic N) is 4. The predicted octanol–water partition coefficient (Wildman–Crippen LogP) is 3.74. The first kappa shape index (κ1) is 22.5. The van der Waals surface area contributed by atoms with E-state index in [2.05, 4.69) is 25.6 Å². The van der Waals surface area contributed by atoms with Crippen LogP contribution in [0.4, 0.5) is 11.4 Å². The van der Waals surface area contributed by atoms with Gasteiger partial charge in [0.05, 0.1) is 23.7 Å². The molecule has 4 aromatic rings. The highest BCUT2D eigenvalue weighted by Gasteiger charge is 2.28. The zero-order chi connectivity index (χ0) is 24.4. The Balaban J connectivity index is 1.35. The highest BCUT2D eigenvalue weighted by atomic mass is 32.2. The van der Waals surface area contributed by atoms with Crippen molar-refractivity contribution in [1.82, 2.24) is 20.2 Å². The summed E-state index contributed by atoms with van der Waals surface area (Å²) in [5, 5.41) is 14.8. The maximum absolute atomic E-state index is 13.0. The minimum absolute atomic E-state index is 0.0478. The second-order valence-corrected chi connectivity index (χ2v) is 9.73. The zero-order valence-electron chi connectivity index (χ0n) is 18.7. The Morgan fingerprint density at radius 1 is 1.03 bits per heavy atom. The van der Waals surface area contributed by atoms with Crippen LogP contribution in [0.1, 0.15) is 29.2 Å². The molecular formula is C24H22N6O4S. The van der Waals surface area contributed by atoms with Crippen LogP contribution < -0.4 is 14.8 Å². The number of aromatic nitrogens is 4. The van der Waals surface area contributed by atoms with Crippen molar-refractivity contribution < 1.29 is 17.9 Å². The molecule has 35 heavy (non-hydrogen) atoms. The molecule has 1 aliphatic rings. The lowest BCUT2D eigenvalue weighted by Gasteiger charge is -2.12. The molecule has 0 spiro atoms. The Bertz CT molecular complexity index is 1500. The molecule has 0 aliphatic heterocycles. The van der Waals surface area contributed by atoms with Crippen molar-refractivity contribution in [2.75, 3.05) is 17.1 Å². The maximum Gasteiger partial charge on any atom is 0.262 e. The monoisotopic (exact) mass is 490 g/mol. The fourth-order valence-electron chi connectivity index (χ4n) is 3.63. The summed E-state index contributed by atoms with van der Waals surface area (Å²) in [6, 6.07) is 20.0. The fourth-order valence-corrected chi connectivity index (χ4v) is 4.74. The van der Waals surface area contributed by atoms with E-state index in [1.165, 1.54) is 25.3 Å². The number of nitrogens with one attached hydrogen (secondary N) is 2. The van der Waals surface area contributed by atoms with Gasteiger partial charge in [0.1, 0.15) is 5.75 Å². The van der Waals surface area contributed by atoms with E-state index in [0.717, 1.165) is 18.4 Å². The minimum Gasteiger partial charge on any atom is -0.495 e. The number of anilines is 2. The SMILES string of the molecule is COc1ccccc1NS(=O)(=O)c1cccc(C(=O)Nc2cccc(-c3nnnn3C3CC3)c2)c1. The number of carbonyl (C=O) groups excluding carboxylic acids is 1. The molecule has 0 atom stereocenters. The highest BCUT2D eigenvalue weighted by molar-refractivity contribution is 7.92. The summed E-state index contributed by atoms with van der Waals surface area (Å²) in [5.74, 6) is 0.579. The molecular weight excluding hydrogens is 468 g/mol. The van der Waals surface area contributed by atoms with Crippen molar-refractivity contribution in [1.29, 1.82) is 0 Å². The van der Waals surface area contributed by atoms with Gasteiger partial charge in [-0.3, -0.25) is 9.52 Å². The van der Waals surface area contributed by atoms with Gasteiger partial charge in [0, 0.05) is 16.8 Å². The van der Waals surface area contributed by atoms with Gasteiger partial charge in [-0.1, -0.05) is 30.3 Å². The van der Waals surface area contributed by atoms with E-state index in [9.17, 15) is 13.2 Å². The molecule has 5 rings (SSSR count). The number of carbonyl (C=O) groups is 1. The Labute approximate surface area is 202 Å². The van der Waals surface area contributed by atoms with E-state index in [-0.39, 0.29) is 10.5 Å². The molecule has 178 valence electrons. The van der Waals surface area contributed by atoms with E-state index < -0.39 is 15.9 Å². The zero-order valence-corrected chi connectivity index (χ0v) is 19.6. The van der Waals surface area contributed by atoms with Gasteiger partial charge in [-0.25, -0.2) is 13.1 Å². The Morgan fingerprint density at radius 3 is 2.63 bits per heavy atom. The lowest BCUT2D eigenvalue weighted by atomic mass is 10.1. The van der Waals surface area contributed by atoms with E-state index in [1.54, 1.807) is 53.2 Å². The molecule has 1 aromatic heterocycles. The van der Waals surface area contributed by atoms with Crippen LogP contribution in [0, 0.1) is 0 Å². The van der Waals surface area contributed by atoms with E-state index in [0.29, 0.717) is 29.0 Å². The van der Waals surface area contributed by atoms with Crippen molar-refractivity contribution in [2.45, 2.75) is 23.8 Å². The number of amides is 1. The molecule has 11 heteroatoms. The van der Waals surface area contributed by atoms with Crippen LogP contribution >= 0.6 is 0 Å². The van der Waals surface area contributed by atoms with Gasteiger partial charge in [0.2, 0.25) is 0 Å². The number of tetrazole rings is 1. The smallest absolute Gasteiger partial charge is 0.262 e. The average Bonchev–Trinajstić information content (AvgIpc) is 3.60. The van der Waals surface area contributed by atoms with Gasteiger partial charge in [0.15, 0.2) is 5.82 Å². The molecule has 10 nitrogen and oxygen atoms in total. The molecule has 1 saturated carbocycles. The minimum atomic E-state index is -3.95. The first-order valence-corrected chi connectivity index (χ1v) is 12.4. The Hall–Kier alpha value is -4.25. The summed E-state index contributed by atoms with van der Waals surface area (Å²) < 4.78 is 35.4. The number of hydrogen-bond acceptors (Lipinski definition) is 7. The Kier molecular flexibility index (Phi) is 5.91. The van der Waals surface area contributed by atoms with Crippen LogP contribution in [0.3, 0.4) is 0 Å². The van der Waals surface area contributed by atoms with Crippen LogP contribution in [-0.2, 0) is 10.0 Å². The summed E-state index contributed by atoms with van der Waals surface area (Å²) in [6.07, 6.45) is 2.08. The molecule has 0 unspecified atom stereocenters. The van der Waals surface area contributed by atoms with Crippen molar-refractivity contribution in [2.24, 2.45) is 0 Å². The molecule has 1 amide bonds. The topological polar surface area (TPSA) is 128 Å². The van der Waals surface area contributed by atoms with Gasteiger partial charge in [-0.2, -0.15) is 0 Å². The summed E-state index contributed by atoms with van der Waals surface area (Å²) in [5.41, 5.74) is 1.81. The second kappa shape index (κ2) is 9.18. The molecule has 1 heterocycles.